The normalized spacial score (nSPS) is 27.0. The number of hydrogen-bond donors (Lipinski definition) is 4. The average molecular weight is 408 g/mol. The Hall–Kier alpha value is -2.41. The lowest BCUT2D eigenvalue weighted by molar-refractivity contribution is -0.138. The van der Waals surface area contributed by atoms with Crippen molar-refractivity contribution < 1.29 is 24.9 Å². The summed E-state index contributed by atoms with van der Waals surface area (Å²) >= 11 is 0. The molecule has 1 fully saturated rings. The third-order valence-electron chi connectivity index (χ3n) is 5.07. The van der Waals surface area contributed by atoms with Crippen molar-refractivity contribution >= 4 is 38.5 Å². The van der Waals surface area contributed by atoms with Crippen LogP contribution in [0.2, 0.25) is 18.6 Å². The van der Waals surface area contributed by atoms with Gasteiger partial charge in [0, 0.05) is 8.80 Å². The number of hydrogen-bond acceptors (Lipinski definition) is 9. The molecule has 0 amide bonds. The van der Waals surface area contributed by atoms with E-state index in [2.05, 4.69) is 33.2 Å². The van der Waals surface area contributed by atoms with Gasteiger partial charge in [0.2, 0.25) is 0 Å². The number of nitrogens with two attached hydrogens (primary N) is 1. The summed E-state index contributed by atoms with van der Waals surface area (Å²) in [4.78, 5) is 26.8. The van der Waals surface area contributed by atoms with E-state index in [0.29, 0.717) is 29.7 Å². The van der Waals surface area contributed by atoms with Gasteiger partial charge in [-0.2, -0.15) is 0 Å². The van der Waals surface area contributed by atoms with Gasteiger partial charge in [0.1, 0.15) is 30.1 Å². The Balaban J connectivity index is 1.67. The van der Waals surface area contributed by atoms with Gasteiger partial charge < -0.3 is 25.8 Å². The number of nitrogens with zero attached hydrogens (tertiary/aromatic N) is 5. The quantitative estimate of drug-likeness (QED) is 0.330. The molecule has 1 aliphatic rings. The zero-order chi connectivity index (χ0) is 20.4. The third-order valence-corrected chi connectivity index (χ3v) is 7.66. The van der Waals surface area contributed by atoms with Gasteiger partial charge in [0.25, 0.3) is 0 Å². The van der Waals surface area contributed by atoms with Crippen LogP contribution in [-0.4, -0.2) is 80.7 Å². The largest absolute Gasteiger partial charge is 0.480 e. The standard InChI is InChI=1S/C16H24N6O5Si/c1-18-8(16(25)26)3-4-28(2)5-9-11(23)12(24)15(27-9)22-7-21-10-13(17)19-6-20-14(10)22/h6-9,11-12,15,23-24,28H,1,3-5H2,2H3,(H,25,26)(H2,17,19,20)/t8-,9?,11?,12?,15+,28?/m0/s1. The molecular weight excluding hydrogens is 384 g/mol. The first-order valence-electron chi connectivity index (χ1n) is 8.96. The number of nitrogen functional groups attached to an aromatic ring is 1. The van der Waals surface area contributed by atoms with Crippen LogP contribution in [0.25, 0.3) is 11.2 Å². The van der Waals surface area contributed by atoms with Crippen LogP contribution in [0, 0.1) is 0 Å². The molecule has 2 aromatic rings. The van der Waals surface area contributed by atoms with Crippen molar-refractivity contribution in [3.63, 3.8) is 0 Å². The molecule has 0 spiro atoms. The van der Waals surface area contributed by atoms with Crippen molar-refractivity contribution in [2.45, 2.75) is 55.6 Å². The van der Waals surface area contributed by atoms with Gasteiger partial charge in [0.15, 0.2) is 17.7 Å². The van der Waals surface area contributed by atoms with E-state index < -0.39 is 45.3 Å². The maximum Gasteiger partial charge on any atom is 0.328 e. The molecule has 2 aromatic heterocycles. The number of aliphatic hydroxyl groups excluding tert-OH is 2. The number of aromatic nitrogens is 4. The van der Waals surface area contributed by atoms with Crippen LogP contribution >= 0.6 is 0 Å². The van der Waals surface area contributed by atoms with Crippen LogP contribution in [-0.2, 0) is 9.53 Å². The summed E-state index contributed by atoms with van der Waals surface area (Å²) in [5.74, 6) is -0.768. The fraction of sp³-hybridized carbons (Fsp3) is 0.562. The maximum absolute atomic E-state index is 11.0. The molecule has 0 aromatic carbocycles. The highest BCUT2D eigenvalue weighted by Gasteiger charge is 2.44. The first kappa shape index (κ1) is 20.3. The number of aliphatic hydroxyl groups is 2. The second-order valence-electron chi connectivity index (χ2n) is 7.08. The van der Waals surface area contributed by atoms with Gasteiger partial charge in [-0.05, 0) is 19.2 Å². The fourth-order valence-electron chi connectivity index (χ4n) is 3.46. The van der Waals surface area contributed by atoms with E-state index in [1.54, 1.807) is 0 Å². The zero-order valence-corrected chi connectivity index (χ0v) is 16.6. The molecule has 28 heavy (non-hydrogen) atoms. The van der Waals surface area contributed by atoms with Crippen molar-refractivity contribution in [1.29, 1.82) is 0 Å². The number of aliphatic carboxylic acids is 1. The molecule has 0 bridgehead atoms. The molecule has 0 saturated carbocycles. The van der Waals surface area contributed by atoms with Crippen LogP contribution in [0.4, 0.5) is 5.82 Å². The second kappa shape index (κ2) is 8.30. The summed E-state index contributed by atoms with van der Waals surface area (Å²) in [7, 11) is -1.41. The van der Waals surface area contributed by atoms with E-state index in [9.17, 15) is 15.0 Å². The van der Waals surface area contributed by atoms with Gasteiger partial charge in [0.05, 0.1) is 12.4 Å². The van der Waals surface area contributed by atoms with Gasteiger partial charge in [-0.3, -0.25) is 9.56 Å². The predicted octanol–water partition coefficient (Wildman–Crippen LogP) is -0.571. The number of aliphatic imine (C=N–C) groups is 1. The first-order valence-corrected chi connectivity index (χ1v) is 11.8. The summed E-state index contributed by atoms with van der Waals surface area (Å²) in [6.07, 6.45) is -0.464. The highest BCUT2D eigenvalue weighted by molar-refractivity contribution is 6.57. The minimum Gasteiger partial charge on any atom is -0.480 e. The fourth-order valence-corrected chi connectivity index (χ4v) is 5.76. The SMILES string of the molecule is C=N[C@@H](CC[SiH](C)CC1O[C@@H](n2cnc3c(N)ncnc32)C(O)C1O)C(=O)O. The predicted molar refractivity (Wildman–Crippen MR) is 104 cm³/mol. The molecule has 1 aliphatic heterocycles. The van der Waals surface area contributed by atoms with E-state index >= 15 is 0 Å². The Bertz CT molecular complexity index is 863. The van der Waals surface area contributed by atoms with E-state index in [0.717, 1.165) is 0 Å². The topological polar surface area (TPSA) is 169 Å². The summed E-state index contributed by atoms with van der Waals surface area (Å²) in [5, 5.41) is 30.0. The highest BCUT2D eigenvalue weighted by atomic mass is 28.3. The third kappa shape index (κ3) is 3.89. The molecule has 4 unspecified atom stereocenters. The summed E-state index contributed by atoms with van der Waals surface area (Å²) < 4.78 is 7.47. The van der Waals surface area contributed by atoms with E-state index in [-0.39, 0.29) is 5.82 Å². The summed E-state index contributed by atoms with van der Waals surface area (Å²) in [6.45, 7) is 5.38. The van der Waals surface area contributed by atoms with Gasteiger partial charge in [-0.25, -0.2) is 19.7 Å². The number of fused-ring (bicyclic) bond motifs is 1. The smallest absolute Gasteiger partial charge is 0.328 e. The molecule has 3 rings (SSSR count). The molecule has 1 saturated heterocycles. The van der Waals surface area contributed by atoms with Crippen molar-refractivity contribution in [1.82, 2.24) is 19.5 Å². The molecule has 3 heterocycles. The molecule has 152 valence electrons. The lowest BCUT2D eigenvalue weighted by Crippen LogP contribution is -2.33. The number of carbonyl (C=O) groups is 1. The van der Waals surface area contributed by atoms with Crippen LogP contribution in [0.1, 0.15) is 12.6 Å². The van der Waals surface area contributed by atoms with Gasteiger partial charge in [-0.15, -0.1) is 0 Å². The van der Waals surface area contributed by atoms with Crippen LogP contribution < -0.4 is 5.73 Å². The molecule has 5 N–H and O–H groups in total. The second-order valence-corrected chi connectivity index (χ2v) is 10.3. The molecule has 12 heteroatoms. The number of rotatable bonds is 8. The number of anilines is 1. The number of carboxylic acid groups (broad SMARTS) is 1. The minimum absolute atomic E-state index is 0.221. The van der Waals surface area contributed by atoms with Crippen LogP contribution in [0.5, 0.6) is 0 Å². The average Bonchev–Trinajstić information content (AvgIpc) is 3.19. The zero-order valence-electron chi connectivity index (χ0n) is 15.4. The summed E-state index contributed by atoms with van der Waals surface area (Å²) in [6, 6.07) is 0.480. The molecule has 11 nitrogen and oxygen atoms in total. The Morgan fingerprint density at radius 1 is 1.43 bits per heavy atom. The Morgan fingerprint density at radius 3 is 2.86 bits per heavy atom. The number of imidazole rings is 1. The Labute approximate surface area is 162 Å². The molecule has 6 atom stereocenters. The Morgan fingerprint density at radius 2 is 2.18 bits per heavy atom. The van der Waals surface area contributed by atoms with Crippen molar-refractivity contribution in [3.05, 3.63) is 12.7 Å². The van der Waals surface area contributed by atoms with Crippen molar-refractivity contribution in [2.24, 2.45) is 4.99 Å². The summed E-state index contributed by atoms with van der Waals surface area (Å²) in [5.41, 5.74) is 6.60. The number of ether oxygens (including phenoxy) is 1. The van der Waals surface area contributed by atoms with Crippen LogP contribution in [0.15, 0.2) is 17.6 Å². The van der Waals surface area contributed by atoms with Crippen molar-refractivity contribution in [3.8, 4) is 0 Å². The molecule has 0 radical (unpaired) electrons. The first-order chi connectivity index (χ1) is 13.3. The van der Waals surface area contributed by atoms with Gasteiger partial charge in [-0.1, -0.05) is 12.6 Å². The van der Waals surface area contributed by atoms with E-state index in [4.69, 9.17) is 15.6 Å². The lowest BCUT2D eigenvalue weighted by atomic mass is 10.1. The highest BCUT2D eigenvalue weighted by Crippen LogP contribution is 2.34. The molecule has 0 aliphatic carbocycles. The minimum atomic E-state index is -1.41. The van der Waals surface area contributed by atoms with Crippen LogP contribution in [0.3, 0.4) is 0 Å². The number of carboxylic acids is 1. The maximum atomic E-state index is 11.0. The van der Waals surface area contributed by atoms with Gasteiger partial charge >= 0.3 is 5.97 Å². The monoisotopic (exact) mass is 408 g/mol. The lowest BCUT2D eigenvalue weighted by Gasteiger charge is -2.19. The Kier molecular flexibility index (Phi) is 6.03. The molecular formula is C16H24N6O5Si. The van der Waals surface area contributed by atoms with Crippen molar-refractivity contribution in [2.75, 3.05) is 5.73 Å². The van der Waals surface area contributed by atoms with E-state index in [1.807, 2.05) is 0 Å². The van der Waals surface area contributed by atoms with E-state index in [1.165, 1.54) is 17.2 Å².